The number of aromatic nitrogens is 1. The summed E-state index contributed by atoms with van der Waals surface area (Å²) in [6.07, 6.45) is 2.82. The highest BCUT2D eigenvalue weighted by molar-refractivity contribution is 5.86. The van der Waals surface area contributed by atoms with E-state index in [4.69, 9.17) is 5.73 Å². The van der Waals surface area contributed by atoms with E-state index in [2.05, 4.69) is 29.4 Å². The Bertz CT molecular complexity index is 557. The summed E-state index contributed by atoms with van der Waals surface area (Å²) in [5, 5.41) is 4.08. The minimum Gasteiger partial charge on any atom is -0.361 e. The fraction of sp³-hybridized carbons (Fsp3) is 0.357. The zero-order valence-electron chi connectivity index (χ0n) is 10.8. The van der Waals surface area contributed by atoms with E-state index in [1.165, 1.54) is 16.5 Å². The molecule has 0 spiro atoms. The summed E-state index contributed by atoms with van der Waals surface area (Å²) < 4.78 is 0. The molecule has 0 saturated carbocycles. The largest absolute Gasteiger partial charge is 0.361 e. The molecule has 0 bridgehead atoms. The molecular formula is C14H19N3O. The molecule has 1 atom stereocenters. The minimum absolute atomic E-state index is 0.105. The first-order valence-electron chi connectivity index (χ1n) is 6.18. The molecule has 2 aromatic rings. The molecule has 2 rings (SSSR count). The van der Waals surface area contributed by atoms with E-state index < -0.39 is 6.04 Å². The number of H-pyrrole nitrogens is 1. The molecule has 0 saturated heterocycles. The van der Waals surface area contributed by atoms with Crippen molar-refractivity contribution >= 4 is 16.8 Å². The van der Waals surface area contributed by atoms with Crippen LogP contribution in [0.25, 0.3) is 10.9 Å². The molecular weight excluding hydrogens is 226 g/mol. The van der Waals surface area contributed by atoms with E-state index in [1.807, 2.05) is 12.3 Å². The highest BCUT2D eigenvalue weighted by Gasteiger charge is 2.08. The van der Waals surface area contributed by atoms with Crippen LogP contribution in [0, 0.1) is 6.92 Å². The second kappa shape index (κ2) is 5.23. The Balaban J connectivity index is 2.06. The molecule has 0 aliphatic heterocycles. The van der Waals surface area contributed by atoms with Crippen molar-refractivity contribution in [3.05, 3.63) is 35.5 Å². The van der Waals surface area contributed by atoms with Gasteiger partial charge in [-0.3, -0.25) is 4.79 Å². The number of carbonyl (C=O) groups is 1. The Kier molecular flexibility index (Phi) is 3.67. The Labute approximate surface area is 107 Å². The monoisotopic (exact) mass is 245 g/mol. The van der Waals surface area contributed by atoms with Crippen LogP contribution in [-0.2, 0) is 11.2 Å². The van der Waals surface area contributed by atoms with Gasteiger partial charge >= 0.3 is 0 Å². The number of benzene rings is 1. The summed E-state index contributed by atoms with van der Waals surface area (Å²) in [4.78, 5) is 14.6. The van der Waals surface area contributed by atoms with E-state index in [-0.39, 0.29) is 5.91 Å². The molecule has 0 aliphatic rings. The van der Waals surface area contributed by atoms with Gasteiger partial charge in [0.1, 0.15) is 0 Å². The molecule has 18 heavy (non-hydrogen) atoms. The van der Waals surface area contributed by atoms with Crippen molar-refractivity contribution in [3.8, 4) is 0 Å². The summed E-state index contributed by atoms with van der Waals surface area (Å²) >= 11 is 0. The summed E-state index contributed by atoms with van der Waals surface area (Å²) in [6.45, 7) is 4.40. The zero-order valence-corrected chi connectivity index (χ0v) is 10.8. The van der Waals surface area contributed by atoms with E-state index >= 15 is 0 Å². The molecule has 4 nitrogen and oxygen atoms in total. The van der Waals surface area contributed by atoms with Crippen molar-refractivity contribution in [2.45, 2.75) is 26.3 Å². The molecule has 1 heterocycles. The maximum atomic E-state index is 11.4. The third-order valence-electron chi connectivity index (χ3n) is 3.10. The van der Waals surface area contributed by atoms with Gasteiger partial charge < -0.3 is 16.0 Å². The summed E-state index contributed by atoms with van der Waals surface area (Å²) in [5.41, 5.74) is 9.12. The first kappa shape index (κ1) is 12.6. The Hall–Kier alpha value is -1.81. The standard InChI is InChI=1S/C14H19N3O/c1-9-4-3-5-12-13(9)11(8-17-12)6-7-16-14(18)10(2)15/h3-5,8,10,17H,6-7,15H2,1-2H3,(H,16,18)/t10-/m1/s1. The predicted molar refractivity (Wildman–Crippen MR) is 73.4 cm³/mol. The van der Waals surface area contributed by atoms with Gasteiger partial charge in [-0.15, -0.1) is 0 Å². The van der Waals surface area contributed by atoms with Gasteiger partial charge in [-0.05, 0) is 37.5 Å². The van der Waals surface area contributed by atoms with Crippen LogP contribution in [0.5, 0.6) is 0 Å². The zero-order chi connectivity index (χ0) is 13.1. The van der Waals surface area contributed by atoms with Crippen LogP contribution >= 0.6 is 0 Å². The van der Waals surface area contributed by atoms with Crippen molar-refractivity contribution in [3.63, 3.8) is 0 Å². The molecule has 1 amide bonds. The minimum atomic E-state index is -0.449. The van der Waals surface area contributed by atoms with Gasteiger partial charge in [0.25, 0.3) is 0 Å². The molecule has 0 fully saturated rings. The lowest BCUT2D eigenvalue weighted by molar-refractivity contribution is -0.121. The number of aromatic amines is 1. The van der Waals surface area contributed by atoms with Gasteiger partial charge in [0.15, 0.2) is 0 Å². The van der Waals surface area contributed by atoms with E-state index in [1.54, 1.807) is 6.92 Å². The van der Waals surface area contributed by atoms with Crippen LogP contribution in [0.1, 0.15) is 18.1 Å². The van der Waals surface area contributed by atoms with Gasteiger partial charge in [-0.25, -0.2) is 0 Å². The molecule has 0 unspecified atom stereocenters. The van der Waals surface area contributed by atoms with Crippen LogP contribution in [-0.4, -0.2) is 23.5 Å². The third kappa shape index (κ3) is 2.54. The molecule has 96 valence electrons. The maximum absolute atomic E-state index is 11.4. The van der Waals surface area contributed by atoms with E-state index in [0.717, 1.165) is 11.9 Å². The van der Waals surface area contributed by atoms with Gasteiger partial charge in [0.05, 0.1) is 6.04 Å². The lowest BCUT2D eigenvalue weighted by Gasteiger charge is -2.07. The van der Waals surface area contributed by atoms with Crippen LogP contribution < -0.4 is 11.1 Å². The number of hydrogen-bond acceptors (Lipinski definition) is 2. The normalized spacial score (nSPS) is 12.6. The average molecular weight is 245 g/mol. The van der Waals surface area contributed by atoms with E-state index in [9.17, 15) is 4.79 Å². The topological polar surface area (TPSA) is 70.9 Å². The van der Waals surface area contributed by atoms with Crippen molar-refractivity contribution in [1.29, 1.82) is 0 Å². The maximum Gasteiger partial charge on any atom is 0.236 e. The highest BCUT2D eigenvalue weighted by atomic mass is 16.2. The molecule has 4 N–H and O–H groups in total. The van der Waals surface area contributed by atoms with Crippen molar-refractivity contribution in [1.82, 2.24) is 10.3 Å². The number of fused-ring (bicyclic) bond motifs is 1. The van der Waals surface area contributed by atoms with Crippen molar-refractivity contribution in [2.75, 3.05) is 6.54 Å². The molecule has 0 aliphatic carbocycles. The van der Waals surface area contributed by atoms with Gasteiger partial charge in [0, 0.05) is 23.6 Å². The lowest BCUT2D eigenvalue weighted by atomic mass is 10.1. The van der Waals surface area contributed by atoms with Crippen LogP contribution in [0.4, 0.5) is 0 Å². The Morgan fingerprint density at radius 1 is 1.50 bits per heavy atom. The first-order chi connectivity index (χ1) is 8.59. The van der Waals surface area contributed by atoms with Crippen LogP contribution in [0.2, 0.25) is 0 Å². The van der Waals surface area contributed by atoms with Crippen molar-refractivity contribution < 1.29 is 4.79 Å². The molecule has 1 aromatic heterocycles. The number of nitrogens with one attached hydrogen (secondary N) is 2. The second-order valence-electron chi connectivity index (χ2n) is 4.64. The number of nitrogens with two attached hydrogens (primary N) is 1. The number of rotatable bonds is 4. The SMILES string of the molecule is Cc1cccc2[nH]cc(CCNC(=O)[C@@H](C)N)c12. The summed E-state index contributed by atoms with van der Waals surface area (Å²) in [6, 6.07) is 5.75. The van der Waals surface area contributed by atoms with Gasteiger partial charge in [0.2, 0.25) is 5.91 Å². The van der Waals surface area contributed by atoms with Gasteiger partial charge in [-0.2, -0.15) is 0 Å². The quantitative estimate of drug-likeness (QED) is 0.763. The Morgan fingerprint density at radius 3 is 3.00 bits per heavy atom. The predicted octanol–water partition coefficient (Wildman–Crippen LogP) is 1.48. The average Bonchev–Trinajstić information content (AvgIpc) is 2.73. The molecule has 0 radical (unpaired) electrons. The summed E-state index contributed by atoms with van der Waals surface area (Å²) in [5.74, 6) is -0.105. The smallest absolute Gasteiger partial charge is 0.236 e. The number of hydrogen-bond donors (Lipinski definition) is 3. The molecule has 1 aromatic carbocycles. The fourth-order valence-electron chi connectivity index (χ4n) is 2.13. The number of amides is 1. The van der Waals surface area contributed by atoms with Crippen molar-refractivity contribution in [2.24, 2.45) is 5.73 Å². The van der Waals surface area contributed by atoms with E-state index in [0.29, 0.717) is 6.54 Å². The lowest BCUT2D eigenvalue weighted by Crippen LogP contribution is -2.39. The van der Waals surface area contributed by atoms with Crippen LogP contribution in [0.15, 0.2) is 24.4 Å². The third-order valence-corrected chi connectivity index (χ3v) is 3.10. The Morgan fingerprint density at radius 2 is 2.28 bits per heavy atom. The first-order valence-corrected chi connectivity index (χ1v) is 6.18. The highest BCUT2D eigenvalue weighted by Crippen LogP contribution is 2.22. The second-order valence-corrected chi connectivity index (χ2v) is 4.64. The number of carbonyl (C=O) groups excluding carboxylic acids is 1. The molecule has 4 heteroatoms. The fourth-order valence-corrected chi connectivity index (χ4v) is 2.13. The summed E-state index contributed by atoms with van der Waals surface area (Å²) in [7, 11) is 0. The van der Waals surface area contributed by atoms with Crippen LogP contribution in [0.3, 0.4) is 0 Å². The number of aryl methyl sites for hydroxylation is 1. The van der Waals surface area contributed by atoms with Gasteiger partial charge in [-0.1, -0.05) is 12.1 Å².